The monoisotopic (exact) mass is 252 g/mol. The third-order valence-electron chi connectivity index (χ3n) is 4.59. The lowest BCUT2D eigenvalue weighted by Gasteiger charge is -2.35. The summed E-state index contributed by atoms with van der Waals surface area (Å²) in [6.45, 7) is 4.24. The highest BCUT2D eigenvalue weighted by Gasteiger charge is 2.30. The van der Waals surface area contributed by atoms with Crippen LogP contribution in [0.25, 0.3) is 0 Å². The van der Waals surface area contributed by atoms with Crippen LogP contribution < -0.4 is 10.6 Å². The Morgan fingerprint density at radius 2 is 1.61 bits per heavy atom. The number of hydrogen-bond donors (Lipinski definition) is 2. The van der Waals surface area contributed by atoms with Gasteiger partial charge in [-0.25, -0.2) is 0 Å². The largest absolute Gasteiger partial charge is 0.351 e. The predicted octanol–water partition coefficient (Wildman–Crippen LogP) is 2.61. The summed E-state index contributed by atoms with van der Waals surface area (Å²) in [5.74, 6) is 0.549. The number of rotatable bonds is 2. The van der Waals surface area contributed by atoms with E-state index in [1.54, 1.807) is 0 Å². The Balaban J connectivity index is 1.86. The number of hydrogen-bond acceptors (Lipinski definition) is 2. The summed E-state index contributed by atoms with van der Waals surface area (Å²) in [5, 5.41) is 6.69. The van der Waals surface area contributed by atoms with E-state index < -0.39 is 0 Å². The molecule has 0 aromatic rings. The standard InChI is InChI=1S/C15H28N2O/c1-15(9-5-3-2-4-6-10-15)17-14(18)13-7-11-16-12-8-13/h13,16H,2-12H2,1H3,(H,17,18). The van der Waals surface area contributed by atoms with Gasteiger partial charge in [0.2, 0.25) is 5.91 Å². The van der Waals surface area contributed by atoms with Crippen molar-refractivity contribution in [2.24, 2.45) is 5.92 Å². The molecule has 1 heterocycles. The van der Waals surface area contributed by atoms with Crippen molar-refractivity contribution in [3.05, 3.63) is 0 Å². The molecule has 1 aliphatic heterocycles. The second-order valence-corrected chi connectivity index (χ2v) is 6.34. The molecule has 1 saturated heterocycles. The van der Waals surface area contributed by atoms with Crippen LogP contribution in [-0.2, 0) is 4.79 Å². The lowest BCUT2D eigenvalue weighted by molar-refractivity contribution is -0.127. The average Bonchev–Trinajstić information content (AvgIpc) is 2.36. The molecule has 2 rings (SSSR count). The smallest absolute Gasteiger partial charge is 0.223 e. The summed E-state index contributed by atoms with van der Waals surface area (Å²) in [6, 6.07) is 0. The maximum Gasteiger partial charge on any atom is 0.223 e. The molecule has 0 spiro atoms. The highest BCUT2D eigenvalue weighted by molar-refractivity contribution is 5.79. The SMILES string of the molecule is CC1(NC(=O)C2CCNCC2)CCCCCCC1. The average molecular weight is 252 g/mol. The molecule has 0 unspecified atom stereocenters. The first-order valence-electron chi connectivity index (χ1n) is 7.72. The van der Waals surface area contributed by atoms with Gasteiger partial charge in [0.15, 0.2) is 0 Å². The second-order valence-electron chi connectivity index (χ2n) is 6.34. The van der Waals surface area contributed by atoms with Crippen molar-refractivity contribution >= 4 is 5.91 Å². The molecule has 104 valence electrons. The molecular weight excluding hydrogens is 224 g/mol. The Bertz CT molecular complexity index is 264. The maximum absolute atomic E-state index is 12.3. The van der Waals surface area contributed by atoms with E-state index >= 15 is 0 Å². The molecule has 3 heteroatoms. The fourth-order valence-corrected chi connectivity index (χ4v) is 3.29. The number of nitrogens with one attached hydrogen (secondary N) is 2. The third-order valence-corrected chi connectivity index (χ3v) is 4.59. The topological polar surface area (TPSA) is 41.1 Å². The highest BCUT2D eigenvalue weighted by Crippen LogP contribution is 2.26. The summed E-state index contributed by atoms with van der Waals surface area (Å²) >= 11 is 0. The summed E-state index contributed by atoms with van der Waals surface area (Å²) < 4.78 is 0. The van der Waals surface area contributed by atoms with Gasteiger partial charge in [-0.3, -0.25) is 4.79 Å². The van der Waals surface area contributed by atoms with Crippen molar-refractivity contribution in [1.82, 2.24) is 10.6 Å². The molecule has 0 atom stereocenters. The summed E-state index contributed by atoms with van der Waals surface area (Å²) in [6.07, 6.45) is 10.9. The number of piperidine rings is 1. The van der Waals surface area contributed by atoms with Gasteiger partial charge >= 0.3 is 0 Å². The van der Waals surface area contributed by atoms with Crippen molar-refractivity contribution in [1.29, 1.82) is 0 Å². The molecule has 2 fully saturated rings. The Morgan fingerprint density at radius 1 is 1.06 bits per heavy atom. The fourth-order valence-electron chi connectivity index (χ4n) is 3.29. The number of carbonyl (C=O) groups excluding carboxylic acids is 1. The van der Waals surface area contributed by atoms with Crippen LogP contribution in [0.3, 0.4) is 0 Å². The summed E-state index contributed by atoms with van der Waals surface area (Å²) in [5.41, 5.74) is 0.0579. The Labute approximate surface area is 111 Å². The van der Waals surface area contributed by atoms with Gasteiger partial charge in [-0.05, 0) is 45.7 Å². The van der Waals surface area contributed by atoms with E-state index in [0.717, 1.165) is 38.8 Å². The van der Waals surface area contributed by atoms with Gasteiger partial charge in [0, 0.05) is 11.5 Å². The van der Waals surface area contributed by atoms with Crippen molar-refractivity contribution in [2.45, 2.75) is 70.3 Å². The van der Waals surface area contributed by atoms with Gasteiger partial charge in [-0.15, -0.1) is 0 Å². The molecule has 0 bridgehead atoms. The zero-order chi connectivity index (χ0) is 12.8. The van der Waals surface area contributed by atoms with E-state index in [4.69, 9.17) is 0 Å². The highest BCUT2D eigenvalue weighted by atomic mass is 16.2. The molecule has 18 heavy (non-hydrogen) atoms. The van der Waals surface area contributed by atoms with Crippen LogP contribution in [0.4, 0.5) is 0 Å². The minimum Gasteiger partial charge on any atom is -0.351 e. The minimum atomic E-state index is 0.0579. The van der Waals surface area contributed by atoms with E-state index in [-0.39, 0.29) is 11.5 Å². The first-order valence-corrected chi connectivity index (χ1v) is 7.72. The van der Waals surface area contributed by atoms with Crippen molar-refractivity contribution in [3.8, 4) is 0 Å². The Morgan fingerprint density at radius 3 is 2.22 bits per heavy atom. The molecule has 0 aromatic carbocycles. The number of amides is 1. The lowest BCUT2D eigenvalue weighted by atomic mass is 9.84. The molecule has 2 aliphatic rings. The van der Waals surface area contributed by atoms with Gasteiger partial charge < -0.3 is 10.6 Å². The fraction of sp³-hybridized carbons (Fsp3) is 0.933. The van der Waals surface area contributed by atoms with Crippen LogP contribution >= 0.6 is 0 Å². The minimum absolute atomic E-state index is 0.0579. The van der Waals surface area contributed by atoms with E-state index in [1.807, 2.05) is 0 Å². The summed E-state index contributed by atoms with van der Waals surface area (Å²) in [4.78, 5) is 12.3. The molecule has 1 aliphatic carbocycles. The van der Waals surface area contributed by atoms with E-state index in [2.05, 4.69) is 17.6 Å². The first-order chi connectivity index (χ1) is 8.70. The van der Waals surface area contributed by atoms with Crippen LogP contribution in [0, 0.1) is 5.92 Å². The molecule has 1 amide bonds. The maximum atomic E-state index is 12.3. The predicted molar refractivity (Wildman–Crippen MR) is 74.5 cm³/mol. The van der Waals surface area contributed by atoms with Crippen LogP contribution in [0.2, 0.25) is 0 Å². The van der Waals surface area contributed by atoms with Crippen molar-refractivity contribution in [3.63, 3.8) is 0 Å². The van der Waals surface area contributed by atoms with Crippen LogP contribution in [0.1, 0.15) is 64.7 Å². The van der Waals surface area contributed by atoms with Crippen LogP contribution in [0.15, 0.2) is 0 Å². The zero-order valence-electron chi connectivity index (χ0n) is 11.8. The van der Waals surface area contributed by atoms with Crippen molar-refractivity contribution in [2.75, 3.05) is 13.1 Å². The van der Waals surface area contributed by atoms with Crippen LogP contribution in [-0.4, -0.2) is 24.5 Å². The van der Waals surface area contributed by atoms with Gasteiger partial charge in [0.1, 0.15) is 0 Å². The quantitative estimate of drug-likeness (QED) is 0.793. The van der Waals surface area contributed by atoms with E-state index in [0.29, 0.717) is 5.91 Å². The van der Waals surface area contributed by atoms with Gasteiger partial charge in [0.25, 0.3) is 0 Å². The van der Waals surface area contributed by atoms with Crippen LogP contribution in [0.5, 0.6) is 0 Å². The molecular formula is C15H28N2O. The van der Waals surface area contributed by atoms with Crippen molar-refractivity contribution < 1.29 is 4.79 Å². The summed E-state index contributed by atoms with van der Waals surface area (Å²) in [7, 11) is 0. The van der Waals surface area contributed by atoms with E-state index in [1.165, 1.54) is 32.1 Å². The number of carbonyl (C=O) groups is 1. The van der Waals surface area contributed by atoms with Gasteiger partial charge in [0.05, 0.1) is 0 Å². The molecule has 2 N–H and O–H groups in total. The third kappa shape index (κ3) is 3.98. The molecule has 1 saturated carbocycles. The van der Waals surface area contributed by atoms with Gasteiger partial charge in [-0.2, -0.15) is 0 Å². The first kappa shape index (κ1) is 13.9. The second kappa shape index (κ2) is 6.55. The molecule has 0 radical (unpaired) electrons. The van der Waals surface area contributed by atoms with E-state index in [9.17, 15) is 4.79 Å². The zero-order valence-corrected chi connectivity index (χ0v) is 11.8. The lowest BCUT2D eigenvalue weighted by Crippen LogP contribution is -2.50. The Hall–Kier alpha value is -0.570. The van der Waals surface area contributed by atoms with Gasteiger partial charge in [-0.1, -0.05) is 32.1 Å². The normalized spacial score (nSPS) is 26.1. The molecule has 3 nitrogen and oxygen atoms in total. The molecule has 0 aromatic heterocycles. The Kier molecular flexibility index (Phi) is 5.04.